The highest BCUT2D eigenvalue weighted by molar-refractivity contribution is 7.92. The number of hydrogen-bond acceptors (Lipinski definition) is 7. The van der Waals surface area contributed by atoms with Crippen molar-refractivity contribution in [3.05, 3.63) is 77.4 Å². The molecule has 1 N–H and O–H groups in total. The van der Waals surface area contributed by atoms with Gasteiger partial charge in [0.1, 0.15) is 28.9 Å². The summed E-state index contributed by atoms with van der Waals surface area (Å²) in [6.07, 6.45) is 0.230. The van der Waals surface area contributed by atoms with Crippen LogP contribution in [0, 0.1) is 6.92 Å². The van der Waals surface area contributed by atoms with Crippen LogP contribution in [0.3, 0.4) is 0 Å². The molecule has 10 heteroatoms. The van der Waals surface area contributed by atoms with Crippen molar-refractivity contribution in [2.24, 2.45) is 0 Å². The number of anilines is 1. The van der Waals surface area contributed by atoms with E-state index in [2.05, 4.69) is 5.32 Å². The van der Waals surface area contributed by atoms with Crippen LogP contribution in [-0.2, 0) is 19.5 Å². The smallest absolute Gasteiger partial charge is 0.255 e. The van der Waals surface area contributed by atoms with Crippen molar-refractivity contribution in [1.82, 2.24) is 5.32 Å². The van der Waals surface area contributed by atoms with Crippen LogP contribution in [0.15, 0.2) is 65.1 Å². The molecule has 3 aromatic carbocycles. The fourth-order valence-electron chi connectivity index (χ4n) is 4.94. The molecule has 4 aromatic rings. The second-order valence-electron chi connectivity index (χ2n) is 9.88. The average Bonchev–Trinajstić information content (AvgIpc) is 3.23. The lowest BCUT2D eigenvalue weighted by atomic mass is 10.0. The minimum atomic E-state index is -3.65. The van der Waals surface area contributed by atoms with E-state index in [9.17, 15) is 13.2 Å². The van der Waals surface area contributed by atoms with Gasteiger partial charge in [0.05, 0.1) is 36.8 Å². The van der Waals surface area contributed by atoms with Crippen LogP contribution >= 0.6 is 0 Å². The van der Waals surface area contributed by atoms with Crippen molar-refractivity contribution in [3.63, 3.8) is 0 Å². The Labute approximate surface area is 233 Å². The monoisotopic (exact) mass is 564 g/mol. The van der Waals surface area contributed by atoms with E-state index < -0.39 is 22.2 Å². The number of benzene rings is 3. The number of amides is 1. The van der Waals surface area contributed by atoms with E-state index in [0.717, 1.165) is 11.8 Å². The molecule has 0 saturated carbocycles. The van der Waals surface area contributed by atoms with Crippen molar-refractivity contribution in [2.45, 2.75) is 26.1 Å². The summed E-state index contributed by atoms with van der Waals surface area (Å²) >= 11 is 0. The zero-order chi connectivity index (χ0) is 28.6. The van der Waals surface area contributed by atoms with E-state index >= 15 is 0 Å². The normalized spacial score (nSPS) is 17.4. The van der Waals surface area contributed by atoms with Gasteiger partial charge < -0.3 is 23.9 Å². The summed E-state index contributed by atoms with van der Waals surface area (Å²) in [4.78, 5) is 13.1. The maximum absolute atomic E-state index is 13.1. The lowest BCUT2D eigenvalue weighted by Gasteiger charge is -2.24. The molecular weight excluding hydrogens is 532 g/mol. The zero-order valence-electron chi connectivity index (χ0n) is 23.1. The molecule has 0 saturated heterocycles. The van der Waals surface area contributed by atoms with E-state index in [1.54, 1.807) is 26.3 Å². The summed E-state index contributed by atoms with van der Waals surface area (Å²) in [7, 11) is -0.554. The molecule has 2 atom stereocenters. The molecule has 0 spiro atoms. The van der Waals surface area contributed by atoms with Crippen LogP contribution in [0.2, 0.25) is 0 Å². The zero-order valence-corrected chi connectivity index (χ0v) is 23.9. The van der Waals surface area contributed by atoms with Gasteiger partial charge in [-0.15, -0.1) is 0 Å². The van der Waals surface area contributed by atoms with E-state index in [0.29, 0.717) is 50.6 Å². The van der Waals surface area contributed by atoms with Gasteiger partial charge in [-0.3, -0.25) is 9.10 Å². The van der Waals surface area contributed by atoms with E-state index in [4.69, 9.17) is 18.6 Å². The van der Waals surface area contributed by atoms with Gasteiger partial charge in [-0.05, 0) is 56.3 Å². The highest BCUT2D eigenvalue weighted by Gasteiger charge is 2.33. The molecular formula is C30H32N2O7S. The molecule has 0 radical (unpaired) electrons. The first kappa shape index (κ1) is 27.7. The van der Waals surface area contributed by atoms with Crippen LogP contribution in [0.1, 0.15) is 34.5 Å². The maximum atomic E-state index is 13.1. The summed E-state index contributed by atoms with van der Waals surface area (Å²) < 4.78 is 50.6. The number of aryl methyl sites for hydroxylation is 1. The number of nitrogens with zero attached hydrogens (tertiary/aromatic N) is 1. The summed E-state index contributed by atoms with van der Waals surface area (Å²) in [5.41, 5.74) is 3.64. The van der Waals surface area contributed by atoms with Gasteiger partial charge in [0.15, 0.2) is 0 Å². The topological polar surface area (TPSA) is 107 Å². The molecule has 1 amide bonds. The van der Waals surface area contributed by atoms with E-state index in [1.807, 2.05) is 62.4 Å². The highest BCUT2D eigenvalue weighted by Crippen LogP contribution is 2.42. The molecule has 40 heavy (non-hydrogen) atoms. The molecule has 210 valence electrons. The molecule has 0 aliphatic carbocycles. The van der Waals surface area contributed by atoms with E-state index in [1.165, 1.54) is 4.31 Å². The number of furan rings is 1. The van der Waals surface area contributed by atoms with Crippen molar-refractivity contribution in [3.8, 4) is 22.8 Å². The molecule has 2 heterocycles. The third kappa shape index (κ3) is 5.42. The predicted molar refractivity (Wildman–Crippen MR) is 154 cm³/mol. The first-order chi connectivity index (χ1) is 19.1. The number of nitrogens with one attached hydrogen (secondary N) is 1. The SMILES string of the molecule is CNC(=O)c1c(-c2ccc(Oc3ccc(C)cc3)cc2)oc2cc3c(cc12)[C@H](C)O[C@H](COC)CN3S(C)(=O)=O. The van der Waals surface area contributed by atoms with Gasteiger partial charge >= 0.3 is 0 Å². The second kappa shape index (κ2) is 11.0. The fourth-order valence-corrected chi connectivity index (χ4v) is 5.89. The quantitative estimate of drug-likeness (QED) is 0.319. The van der Waals surface area contributed by atoms with Gasteiger partial charge in [0.25, 0.3) is 5.91 Å². The maximum Gasteiger partial charge on any atom is 0.255 e. The minimum Gasteiger partial charge on any atom is -0.457 e. The first-order valence-corrected chi connectivity index (χ1v) is 14.7. The van der Waals surface area contributed by atoms with Gasteiger partial charge in [-0.25, -0.2) is 8.42 Å². The number of carbonyl (C=O) groups is 1. The van der Waals surface area contributed by atoms with Crippen molar-refractivity contribution < 1.29 is 31.8 Å². The number of carbonyl (C=O) groups excluding carboxylic acids is 1. The molecule has 0 unspecified atom stereocenters. The Bertz CT molecular complexity index is 1640. The Morgan fingerprint density at radius 2 is 1.73 bits per heavy atom. The van der Waals surface area contributed by atoms with Crippen molar-refractivity contribution >= 4 is 32.6 Å². The number of methoxy groups -OCH3 is 1. The van der Waals surface area contributed by atoms with Crippen molar-refractivity contribution in [1.29, 1.82) is 0 Å². The van der Waals surface area contributed by atoms with Crippen LogP contribution in [-0.4, -0.2) is 54.0 Å². The standard InChI is InChI=1S/C30H32N2O7S/c1-18-6-10-21(11-7-18)38-22-12-8-20(9-13-22)29-28(30(33)31-3)25-14-24-19(2)37-23(17-36-4)16-32(40(5,34)35)26(24)15-27(25)39-29/h6-15,19,23H,16-17H2,1-5H3,(H,31,33)/t19-,23-/m0/s1. The Balaban J connectivity index is 1.60. The van der Waals surface area contributed by atoms with Crippen molar-refractivity contribution in [2.75, 3.05) is 37.9 Å². The predicted octanol–water partition coefficient (Wildman–Crippen LogP) is 5.43. The summed E-state index contributed by atoms with van der Waals surface area (Å²) in [6, 6.07) is 18.5. The molecule has 5 rings (SSSR count). The molecule has 0 fully saturated rings. The fraction of sp³-hybridized carbons (Fsp3) is 0.300. The Morgan fingerprint density at radius 1 is 1.07 bits per heavy atom. The third-order valence-electron chi connectivity index (χ3n) is 6.89. The van der Waals surface area contributed by atoms with Crippen LogP contribution in [0.5, 0.6) is 11.5 Å². The number of ether oxygens (including phenoxy) is 3. The lowest BCUT2D eigenvalue weighted by molar-refractivity contribution is -0.0331. The average molecular weight is 565 g/mol. The van der Waals surface area contributed by atoms with Gasteiger partial charge in [0, 0.05) is 36.7 Å². The summed E-state index contributed by atoms with van der Waals surface area (Å²) in [5.74, 6) is 1.40. The van der Waals surface area contributed by atoms with Gasteiger partial charge in [-0.2, -0.15) is 0 Å². The first-order valence-electron chi connectivity index (χ1n) is 12.9. The summed E-state index contributed by atoms with van der Waals surface area (Å²) in [6.45, 7) is 4.19. The number of fused-ring (bicyclic) bond motifs is 2. The molecule has 9 nitrogen and oxygen atoms in total. The third-order valence-corrected chi connectivity index (χ3v) is 8.04. The molecule has 1 aliphatic heterocycles. The Kier molecular flexibility index (Phi) is 7.59. The Hall–Kier alpha value is -3.86. The minimum absolute atomic E-state index is 0.0911. The highest BCUT2D eigenvalue weighted by atomic mass is 32.2. The second-order valence-corrected chi connectivity index (χ2v) is 11.8. The molecule has 1 aromatic heterocycles. The number of rotatable bonds is 7. The van der Waals surface area contributed by atoms with Crippen LogP contribution in [0.25, 0.3) is 22.3 Å². The van der Waals surface area contributed by atoms with Gasteiger partial charge in [-0.1, -0.05) is 17.7 Å². The summed E-state index contributed by atoms with van der Waals surface area (Å²) in [5, 5.41) is 3.26. The lowest BCUT2D eigenvalue weighted by Crippen LogP contribution is -2.38. The Morgan fingerprint density at radius 3 is 2.33 bits per heavy atom. The van der Waals surface area contributed by atoms with Crippen LogP contribution in [0.4, 0.5) is 5.69 Å². The molecule has 1 aliphatic rings. The van der Waals surface area contributed by atoms with Gasteiger partial charge in [0.2, 0.25) is 10.0 Å². The van der Waals surface area contributed by atoms with Crippen LogP contribution < -0.4 is 14.4 Å². The number of sulfonamides is 1. The van der Waals surface area contributed by atoms with E-state index in [-0.39, 0.29) is 19.1 Å². The molecule has 0 bridgehead atoms. The number of hydrogen-bond donors (Lipinski definition) is 1. The largest absolute Gasteiger partial charge is 0.457 e.